The smallest absolute Gasteiger partial charge is 0.337 e. The number of nitrogens with two attached hydrogens (primary N) is 1. The molecule has 1 aromatic heterocycles. The molecule has 0 bridgehead atoms. The molecule has 0 amide bonds. The van der Waals surface area contributed by atoms with E-state index in [2.05, 4.69) is 4.98 Å². The molecule has 0 saturated carbocycles. The molecule has 4 nitrogen and oxygen atoms in total. The molecule has 0 radical (unpaired) electrons. The predicted molar refractivity (Wildman–Crippen MR) is 54.3 cm³/mol. The van der Waals surface area contributed by atoms with Crippen molar-refractivity contribution in [1.82, 2.24) is 4.98 Å². The summed E-state index contributed by atoms with van der Waals surface area (Å²) in [6.07, 6.45) is 4.53. The monoisotopic (exact) mass is 212 g/mol. The first-order chi connectivity index (χ1) is 6.65. The van der Waals surface area contributed by atoms with Crippen molar-refractivity contribution in [3.8, 4) is 0 Å². The van der Waals surface area contributed by atoms with Gasteiger partial charge in [0.1, 0.15) is 5.15 Å². The minimum Gasteiger partial charge on any atom is -0.478 e. The number of carbonyl (C=O) groups is 1. The number of hydrogen-bond acceptors (Lipinski definition) is 3. The lowest BCUT2D eigenvalue weighted by Crippen LogP contribution is -1.98. The molecule has 0 aliphatic rings. The fraction of sp³-hybridized carbons (Fsp3) is 0.111. The van der Waals surface area contributed by atoms with Crippen LogP contribution in [0.1, 0.15) is 15.9 Å². The molecule has 0 aliphatic heterocycles. The zero-order valence-electron chi connectivity index (χ0n) is 7.27. The van der Waals surface area contributed by atoms with E-state index in [-0.39, 0.29) is 10.7 Å². The van der Waals surface area contributed by atoms with Crippen LogP contribution in [0, 0.1) is 0 Å². The standard InChI is InChI=1S/C9H9ClN2O2/c10-8-6(2-1-3-11)4-7(5-12-8)9(13)14/h1-2,4-5H,3,11H2,(H,13,14). The zero-order chi connectivity index (χ0) is 10.6. The molecule has 5 heteroatoms. The highest BCUT2D eigenvalue weighted by molar-refractivity contribution is 6.30. The molecule has 1 rings (SSSR count). The van der Waals surface area contributed by atoms with E-state index < -0.39 is 5.97 Å². The molecule has 74 valence electrons. The normalized spacial score (nSPS) is 10.7. The lowest BCUT2D eigenvalue weighted by atomic mass is 10.2. The Hall–Kier alpha value is -1.39. The van der Waals surface area contributed by atoms with E-state index in [9.17, 15) is 4.79 Å². The van der Waals surface area contributed by atoms with Crippen LogP contribution < -0.4 is 5.73 Å². The Bertz CT molecular complexity index is 377. The number of hydrogen-bond donors (Lipinski definition) is 2. The maximum Gasteiger partial charge on any atom is 0.337 e. The number of rotatable bonds is 3. The van der Waals surface area contributed by atoms with Gasteiger partial charge in [0.25, 0.3) is 0 Å². The number of pyridine rings is 1. The van der Waals surface area contributed by atoms with Gasteiger partial charge in [0.2, 0.25) is 0 Å². The molecular formula is C9H9ClN2O2. The molecule has 14 heavy (non-hydrogen) atoms. The first-order valence-corrected chi connectivity index (χ1v) is 4.28. The van der Waals surface area contributed by atoms with E-state index in [0.29, 0.717) is 12.1 Å². The largest absolute Gasteiger partial charge is 0.478 e. The van der Waals surface area contributed by atoms with Crippen molar-refractivity contribution in [2.45, 2.75) is 0 Å². The van der Waals surface area contributed by atoms with Crippen LogP contribution in [0.25, 0.3) is 6.08 Å². The molecule has 0 saturated heterocycles. The van der Waals surface area contributed by atoms with Crippen LogP contribution in [0.4, 0.5) is 0 Å². The number of nitrogens with zero attached hydrogens (tertiary/aromatic N) is 1. The van der Waals surface area contributed by atoms with Crippen molar-refractivity contribution < 1.29 is 9.90 Å². The number of aromatic nitrogens is 1. The van der Waals surface area contributed by atoms with Crippen molar-refractivity contribution in [3.63, 3.8) is 0 Å². The fourth-order valence-electron chi connectivity index (χ4n) is 0.894. The molecule has 0 atom stereocenters. The molecule has 0 aromatic carbocycles. The zero-order valence-corrected chi connectivity index (χ0v) is 8.03. The van der Waals surface area contributed by atoms with Gasteiger partial charge in [0, 0.05) is 18.3 Å². The minimum atomic E-state index is -1.03. The van der Waals surface area contributed by atoms with E-state index in [0.717, 1.165) is 0 Å². The lowest BCUT2D eigenvalue weighted by molar-refractivity contribution is 0.0696. The van der Waals surface area contributed by atoms with Gasteiger partial charge in [-0.15, -0.1) is 0 Å². The Morgan fingerprint density at radius 1 is 1.71 bits per heavy atom. The summed E-state index contributed by atoms with van der Waals surface area (Å²) < 4.78 is 0. The Morgan fingerprint density at radius 2 is 2.43 bits per heavy atom. The van der Waals surface area contributed by atoms with Crippen molar-refractivity contribution in [3.05, 3.63) is 34.6 Å². The van der Waals surface area contributed by atoms with E-state index in [1.54, 1.807) is 12.2 Å². The highest BCUT2D eigenvalue weighted by atomic mass is 35.5. The predicted octanol–water partition coefficient (Wildman–Crippen LogP) is 1.41. The third kappa shape index (κ3) is 2.55. The molecule has 3 N–H and O–H groups in total. The van der Waals surface area contributed by atoms with Crippen LogP contribution in [0.15, 0.2) is 18.3 Å². The highest BCUT2D eigenvalue weighted by Gasteiger charge is 2.05. The average Bonchev–Trinajstić information content (AvgIpc) is 2.16. The summed E-state index contributed by atoms with van der Waals surface area (Å²) in [6.45, 7) is 0.369. The molecule has 1 heterocycles. The van der Waals surface area contributed by atoms with Crippen LogP contribution in [0.2, 0.25) is 5.15 Å². The minimum absolute atomic E-state index is 0.103. The topological polar surface area (TPSA) is 76.2 Å². The summed E-state index contributed by atoms with van der Waals surface area (Å²) >= 11 is 5.74. The molecule has 0 unspecified atom stereocenters. The number of carboxylic acids is 1. The summed E-state index contributed by atoms with van der Waals surface area (Å²) in [4.78, 5) is 14.4. The Kier molecular flexibility index (Phi) is 3.62. The van der Waals surface area contributed by atoms with Gasteiger partial charge in [-0.3, -0.25) is 0 Å². The first kappa shape index (κ1) is 10.7. The maximum atomic E-state index is 10.6. The Balaban J connectivity index is 3.08. The average molecular weight is 213 g/mol. The van der Waals surface area contributed by atoms with Gasteiger partial charge in [-0.2, -0.15) is 0 Å². The second-order valence-corrected chi connectivity index (χ2v) is 2.91. The number of aromatic carboxylic acids is 1. The van der Waals surface area contributed by atoms with Gasteiger partial charge >= 0.3 is 5.97 Å². The summed E-state index contributed by atoms with van der Waals surface area (Å²) in [7, 11) is 0. The van der Waals surface area contributed by atoms with Crippen molar-refractivity contribution in [2.24, 2.45) is 5.73 Å². The maximum absolute atomic E-state index is 10.6. The van der Waals surface area contributed by atoms with Crippen molar-refractivity contribution in [1.29, 1.82) is 0 Å². The molecule has 0 aliphatic carbocycles. The third-order valence-electron chi connectivity index (χ3n) is 1.55. The van der Waals surface area contributed by atoms with Gasteiger partial charge < -0.3 is 10.8 Å². The van der Waals surface area contributed by atoms with E-state index >= 15 is 0 Å². The van der Waals surface area contributed by atoms with Crippen LogP contribution >= 0.6 is 11.6 Å². The van der Waals surface area contributed by atoms with E-state index in [1.807, 2.05) is 0 Å². The molecule has 0 spiro atoms. The summed E-state index contributed by atoms with van der Waals surface area (Å²) in [5, 5.41) is 8.96. The number of carboxylic acid groups (broad SMARTS) is 1. The quantitative estimate of drug-likeness (QED) is 0.743. The highest BCUT2D eigenvalue weighted by Crippen LogP contribution is 2.15. The van der Waals surface area contributed by atoms with Crippen LogP contribution in [-0.2, 0) is 0 Å². The first-order valence-electron chi connectivity index (χ1n) is 3.90. The van der Waals surface area contributed by atoms with Gasteiger partial charge in [-0.05, 0) is 6.07 Å². The van der Waals surface area contributed by atoms with Gasteiger partial charge in [-0.25, -0.2) is 9.78 Å². The second-order valence-electron chi connectivity index (χ2n) is 2.55. The Labute approximate surface area is 86.0 Å². The van der Waals surface area contributed by atoms with Crippen molar-refractivity contribution >= 4 is 23.6 Å². The molecular weight excluding hydrogens is 204 g/mol. The summed E-state index contributed by atoms with van der Waals surface area (Å²) in [5.41, 5.74) is 5.91. The summed E-state index contributed by atoms with van der Waals surface area (Å²) in [6, 6.07) is 1.45. The third-order valence-corrected chi connectivity index (χ3v) is 1.86. The fourth-order valence-corrected chi connectivity index (χ4v) is 1.06. The van der Waals surface area contributed by atoms with Gasteiger partial charge in [-0.1, -0.05) is 23.8 Å². The van der Waals surface area contributed by atoms with Crippen molar-refractivity contribution in [2.75, 3.05) is 6.54 Å². The molecule has 0 fully saturated rings. The van der Waals surface area contributed by atoms with Crippen LogP contribution in [0.5, 0.6) is 0 Å². The number of halogens is 1. The lowest BCUT2D eigenvalue weighted by Gasteiger charge is -1.99. The van der Waals surface area contributed by atoms with E-state index in [1.165, 1.54) is 12.3 Å². The van der Waals surface area contributed by atoms with Gasteiger partial charge in [0.15, 0.2) is 0 Å². The molecule has 1 aromatic rings. The van der Waals surface area contributed by atoms with E-state index in [4.69, 9.17) is 22.4 Å². The van der Waals surface area contributed by atoms with Crippen LogP contribution in [-0.4, -0.2) is 22.6 Å². The SMILES string of the molecule is NCC=Cc1cc(C(=O)O)cnc1Cl. The summed E-state index contributed by atoms with van der Waals surface area (Å²) in [5.74, 6) is -1.03. The Morgan fingerprint density at radius 3 is 3.00 bits per heavy atom. The van der Waals surface area contributed by atoms with Crippen LogP contribution in [0.3, 0.4) is 0 Å². The second kappa shape index (κ2) is 4.74. The van der Waals surface area contributed by atoms with Gasteiger partial charge in [0.05, 0.1) is 5.56 Å².